The van der Waals surface area contributed by atoms with Crippen molar-refractivity contribution in [1.29, 1.82) is 0 Å². The molecule has 0 aliphatic rings. The van der Waals surface area contributed by atoms with Gasteiger partial charge in [0.25, 0.3) is 0 Å². The first-order chi connectivity index (χ1) is 2.73. The number of carbonyl (C=O) groups is 1. The summed E-state index contributed by atoms with van der Waals surface area (Å²) in [7, 11) is 0. The highest BCUT2D eigenvalue weighted by molar-refractivity contribution is 6.04. The average molecular weight is 114 g/mol. The SMILES string of the molecule is NC(=O)O.OCl. The fourth-order valence-electron chi connectivity index (χ4n) is 0. The van der Waals surface area contributed by atoms with Crippen molar-refractivity contribution in [3.8, 4) is 0 Å². The van der Waals surface area contributed by atoms with Gasteiger partial charge in [-0.1, -0.05) is 0 Å². The molecule has 0 aliphatic heterocycles. The molecule has 0 atom stereocenters. The molecule has 0 saturated carbocycles. The average Bonchev–Trinajstić information content (AvgIpc) is 1.41. The van der Waals surface area contributed by atoms with E-state index in [-0.39, 0.29) is 0 Å². The number of rotatable bonds is 0. The Labute approximate surface area is 39.3 Å². The van der Waals surface area contributed by atoms with Gasteiger partial charge in [0, 0.05) is 0 Å². The van der Waals surface area contributed by atoms with Crippen LogP contribution >= 0.6 is 11.9 Å². The smallest absolute Gasteiger partial charge is 0.402 e. The molecule has 0 spiro atoms. The molecule has 38 valence electrons. The number of carboxylic acid groups (broad SMARTS) is 1. The Balaban J connectivity index is 0. The molecule has 4 nitrogen and oxygen atoms in total. The van der Waals surface area contributed by atoms with Gasteiger partial charge in [-0.05, 0) is 0 Å². The summed E-state index contributed by atoms with van der Waals surface area (Å²) in [5, 5.41) is 7.19. The molecule has 0 radical (unpaired) electrons. The van der Waals surface area contributed by atoms with Gasteiger partial charge in [0.1, 0.15) is 0 Å². The Bertz CT molecular complexity index is 33.8. The van der Waals surface area contributed by atoms with E-state index in [0.717, 1.165) is 0 Å². The van der Waals surface area contributed by atoms with Gasteiger partial charge in [-0.15, -0.1) is 0 Å². The van der Waals surface area contributed by atoms with Crippen molar-refractivity contribution in [3.63, 3.8) is 0 Å². The molecule has 0 saturated heterocycles. The number of hydrogen-bond donors (Lipinski definition) is 3. The zero-order valence-corrected chi connectivity index (χ0v) is 3.51. The van der Waals surface area contributed by atoms with Gasteiger partial charge in [-0.2, -0.15) is 0 Å². The third-order valence-corrected chi connectivity index (χ3v) is 0. The van der Waals surface area contributed by atoms with Crippen LogP contribution in [0, 0.1) is 0 Å². The lowest BCUT2D eigenvalue weighted by Crippen LogP contribution is -2.03. The molecular weight excluding hydrogens is 109 g/mol. The van der Waals surface area contributed by atoms with Crippen LogP contribution in [0.1, 0.15) is 0 Å². The molecule has 0 fully saturated rings. The maximum Gasteiger partial charge on any atom is 0.402 e. The predicted octanol–water partition coefficient (Wildman–Crippen LogP) is -0.244. The van der Waals surface area contributed by atoms with Crippen molar-refractivity contribution in [1.82, 2.24) is 0 Å². The molecule has 6 heavy (non-hydrogen) atoms. The van der Waals surface area contributed by atoms with Crippen LogP contribution in [0.5, 0.6) is 0 Å². The maximum absolute atomic E-state index is 8.78. The monoisotopic (exact) mass is 113 g/mol. The van der Waals surface area contributed by atoms with E-state index in [4.69, 9.17) is 14.6 Å². The molecule has 4 N–H and O–H groups in total. The first kappa shape index (κ1) is 9.10. The third-order valence-electron chi connectivity index (χ3n) is 0. The Hall–Kier alpha value is -0.480. The fourth-order valence-corrected chi connectivity index (χ4v) is 0. The molecule has 0 rings (SSSR count). The Morgan fingerprint density at radius 2 is 1.67 bits per heavy atom. The lowest BCUT2D eigenvalue weighted by molar-refractivity contribution is 0.205. The van der Waals surface area contributed by atoms with Crippen molar-refractivity contribution in [2.24, 2.45) is 5.73 Å². The summed E-state index contributed by atoms with van der Waals surface area (Å²) in [4.78, 5) is 8.78. The molecule has 0 aromatic heterocycles. The predicted molar refractivity (Wildman–Crippen MR) is 20.3 cm³/mol. The second-order valence-corrected chi connectivity index (χ2v) is 0.338. The summed E-state index contributed by atoms with van der Waals surface area (Å²) >= 11 is 3.64. The number of primary amides is 1. The van der Waals surface area contributed by atoms with Crippen LogP contribution in [0.25, 0.3) is 0 Å². The van der Waals surface area contributed by atoms with Crippen LogP contribution in [-0.4, -0.2) is 15.9 Å². The Morgan fingerprint density at radius 1 is 1.67 bits per heavy atom. The highest BCUT2D eigenvalue weighted by atomic mass is 35.5. The second-order valence-electron chi connectivity index (χ2n) is 0.338. The minimum Gasteiger partial charge on any atom is -0.465 e. The van der Waals surface area contributed by atoms with Crippen molar-refractivity contribution in [2.75, 3.05) is 0 Å². The summed E-state index contributed by atoms with van der Waals surface area (Å²) in [6.07, 6.45) is -1.33. The molecular formula is CH4ClNO3. The lowest BCUT2D eigenvalue weighted by Gasteiger charge is -1.61. The molecule has 0 aliphatic carbocycles. The normalized spacial score (nSPS) is 5.00. The zero-order chi connectivity index (χ0) is 5.58. The number of halogens is 1. The molecule has 0 unspecified atom stereocenters. The van der Waals surface area contributed by atoms with Gasteiger partial charge in [0.05, 0.1) is 11.9 Å². The van der Waals surface area contributed by atoms with Crippen molar-refractivity contribution in [3.05, 3.63) is 0 Å². The summed E-state index contributed by atoms with van der Waals surface area (Å²) in [6, 6.07) is 0. The van der Waals surface area contributed by atoms with Gasteiger partial charge in [0.15, 0.2) is 0 Å². The molecule has 0 aromatic rings. The molecule has 5 heteroatoms. The Morgan fingerprint density at radius 3 is 1.67 bits per heavy atom. The van der Waals surface area contributed by atoms with E-state index < -0.39 is 6.09 Å². The van der Waals surface area contributed by atoms with E-state index in [2.05, 4.69) is 17.6 Å². The van der Waals surface area contributed by atoms with E-state index in [9.17, 15) is 0 Å². The second kappa shape index (κ2) is 8.82. The highest BCUT2D eigenvalue weighted by Gasteiger charge is 1.65. The standard InChI is InChI=1S/CH3NO2.ClHO/c2-1(3)4;1-2/h2H2,(H,3,4);2H. The molecule has 0 aromatic carbocycles. The van der Waals surface area contributed by atoms with E-state index in [1.54, 1.807) is 0 Å². The zero-order valence-electron chi connectivity index (χ0n) is 2.76. The maximum atomic E-state index is 8.78. The summed E-state index contributed by atoms with van der Waals surface area (Å²) in [5.41, 5.74) is 4.03. The molecule has 0 bridgehead atoms. The van der Waals surface area contributed by atoms with Crippen LogP contribution in [0.3, 0.4) is 0 Å². The Kier molecular flexibility index (Phi) is 13.4. The van der Waals surface area contributed by atoms with E-state index >= 15 is 0 Å². The van der Waals surface area contributed by atoms with E-state index in [0.29, 0.717) is 0 Å². The quantitative estimate of drug-likeness (QED) is 0.405. The fraction of sp³-hybridized carbons (Fsp3) is 0. The minimum absolute atomic E-state index is 1.33. The van der Waals surface area contributed by atoms with E-state index in [1.807, 2.05) is 0 Å². The van der Waals surface area contributed by atoms with Gasteiger partial charge >= 0.3 is 6.09 Å². The van der Waals surface area contributed by atoms with Crippen LogP contribution in [0.2, 0.25) is 0 Å². The van der Waals surface area contributed by atoms with Gasteiger partial charge in [0.2, 0.25) is 0 Å². The molecule has 1 amide bonds. The highest BCUT2D eigenvalue weighted by Crippen LogP contribution is 1.34. The third kappa shape index (κ3) is 97.0. The summed E-state index contributed by atoms with van der Waals surface area (Å²) < 4.78 is 6.47. The summed E-state index contributed by atoms with van der Waals surface area (Å²) in [6.45, 7) is 0. The van der Waals surface area contributed by atoms with Crippen LogP contribution in [0.15, 0.2) is 0 Å². The van der Waals surface area contributed by atoms with Gasteiger partial charge in [-0.3, -0.25) is 4.66 Å². The number of nitrogens with two attached hydrogens (primary N) is 1. The topological polar surface area (TPSA) is 83.6 Å². The minimum atomic E-state index is -1.33. The number of amides is 1. The largest absolute Gasteiger partial charge is 0.465 e. The van der Waals surface area contributed by atoms with Gasteiger partial charge in [-0.25, -0.2) is 4.79 Å². The first-order valence-electron chi connectivity index (χ1n) is 0.885. The van der Waals surface area contributed by atoms with Crippen LogP contribution in [-0.2, 0) is 0 Å². The summed E-state index contributed by atoms with van der Waals surface area (Å²) in [5.74, 6) is 0. The lowest BCUT2D eigenvalue weighted by atomic mass is 11.3. The van der Waals surface area contributed by atoms with Crippen molar-refractivity contribution in [2.45, 2.75) is 0 Å². The van der Waals surface area contributed by atoms with Crippen molar-refractivity contribution >= 4 is 18.0 Å². The van der Waals surface area contributed by atoms with Crippen LogP contribution in [0.4, 0.5) is 4.79 Å². The van der Waals surface area contributed by atoms with Gasteiger partial charge < -0.3 is 10.8 Å². The van der Waals surface area contributed by atoms with E-state index in [1.165, 1.54) is 0 Å². The molecule has 0 heterocycles. The van der Waals surface area contributed by atoms with Crippen LogP contribution < -0.4 is 5.73 Å². The first-order valence-corrected chi connectivity index (χ1v) is 1.22. The number of hydrogen-bond acceptors (Lipinski definition) is 2. The van der Waals surface area contributed by atoms with Crippen molar-refractivity contribution < 1.29 is 14.6 Å².